The number of nitrogens with zero attached hydrogens (tertiary/aromatic N) is 1. The minimum atomic E-state index is 0.798. The summed E-state index contributed by atoms with van der Waals surface area (Å²) in [6.07, 6.45) is 3.67. The lowest BCUT2D eigenvalue weighted by Gasteiger charge is -2.08. The maximum atomic E-state index is 6.32. The Kier molecular flexibility index (Phi) is 3.34. The molecule has 2 nitrogen and oxygen atoms in total. The number of aromatic nitrogens is 1. The van der Waals surface area contributed by atoms with E-state index in [0.29, 0.717) is 0 Å². The third-order valence-corrected chi connectivity index (χ3v) is 4.69. The molecule has 2 aromatic carbocycles. The second-order valence-corrected chi connectivity index (χ2v) is 6.29. The smallest absolute Gasteiger partial charge is 0.0804 e. The Labute approximate surface area is 135 Å². The van der Waals surface area contributed by atoms with Crippen LogP contribution in [0.3, 0.4) is 0 Å². The van der Waals surface area contributed by atoms with Crippen LogP contribution in [0, 0.1) is 0 Å². The summed E-state index contributed by atoms with van der Waals surface area (Å²) in [4.78, 5) is 0. The van der Waals surface area contributed by atoms with Crippen molar-refractivity contribution in [2.45, 2.75) is 26.2 Å². The number of rotatable bonds is 6. The number of unbranched alkanes of at least 4 members (excludes halogenated alkanes) is 2. The minimum Gasteiger partial charge on any atom is -0.384 e. The highest BCUT2D eigenvalue weighted by Crippen LogP contribution is 2.51. The fraction of sp³-hybridized carbons (Fsp3) is 0.263. The molecule has 0 bridgehead atoms. The molecule has 2 heterocycles. The van der Waals surface area contributed by atoms with Crippen LogP contribution in [0.2, 0.25) is 5.02 Å². The van der Waals surface area contributed by atoms with Gasteiger partial charge in [-0.2, -0.15) is 0 Å². The van der Waals surface area contributed by atoms with Crippen molar-refractivity contribution in [3.8, 4) is 16.9 Å². The largest absolute Gasteiger partial charge is 0.384 e. The zero-order valence-electron chi connectivity index (χ0n) is 12.7. The third kappa shape index (κ3) is 2.10. The Hall–Kier alpha value is -1.93. The Morgan fingerprint density at radius 1 is 1.09 bits per heavy atom. The van der Waals surface area contributed by atoms with Gasteiger partial charge in [0.05, 0.1) is 27.6 Å². The third-order valence-electron chi connectivity index (χ3n) is 4.36. The number of anilines is 1. The maximum absolute atomic E-state index is 6.32. The molecular formula is C19H19ClN2. The summed E-state index contributed by atoms with van der Waals surface area (Å²) >= 11 is 6.32. The van der Waals surface area contributed by atoms with E-state index in [9.17, 15) is 0 Å². The standard InChI is InChI=1S/C19H19ClN2/c1-2-3-6-11-21-16-12-13(9-10-15(16)20)18-19-14-7-4-5-8-17(14)22(18)19/h4-5,7-10,12,21H,2-3,6,11H2,1H3. The normalized spacial score (nSPS) is 11.9. The van der Waals surface area contributed by atoms with E-state index < -0.39 is 0 Å². The highest BCUT2D eigenvalue weighted by molar-refractivity contribution is 6.33. The molecule has 1 N–H and O–H groups in total. The summed E-state index contributed by atoms with van der Waals surface area (Å²) in [7, 11) is 0. The molecule has 0 aliphatic carbocycles. The lowest BCUT2D eigenvalue weighted by atomic mass is 10.1. The molecule has 0 spiro atoms. The van der Waals surface area contributed by atoms with Gasteiger partial charge in [0.15, 0.2) is 0 Å². The van der Waals surface area contributed by atoms with E-state index in [1.54, 1.807) is 0 Å². The molecule has 3 heteroatoms. The van der Waals surface area contributed by atoms with Crippen molar-refractivity contribution in [2.24, 2.45) is 0 Å². The molecule has 0 atom stereocenters. The molecule has 0 amide bonds. The summed E-state index contributed by atoms with van der Waals surface area (Å²) in [6, 6.07) is 14.8. The van der Waals surface area contributed by atoms with E-state index in [-0.39, 0.29) is 0 Å². The van der Waals surface area contributed by atoms with Crippen molar-refractivity contribution in [1.82, 2.24) is 4.57 Å². The van der Waals surface area contributed by atoms with Crippen LogP contribution in [-0.2, 0) is 0 Å². The molecule has 22 heavy (non-hydrogen) atoms. The number of para-hydroxylation sites is 1. The van der Waals surface area contributed by atoms with E-state index in [4.69, 9.17) is 11.6 Å². The van der Waals surface area contributed by atoms with E-state index in [1.165, 1.54) is 47.1 Å². The minimum absolute atomic E-state index is 0.798. The number of hydrogen-bond acceptors (Lipinski definition) is 1. The first-order valence-corrected chi connectivity index (χ1v) is 8.36. The van der Waals surface area contributed by atoms with Crippen LogP contribution in [0.1, 0.15) is 26.2 Å². The summed E-state index contributed by atoms with van der Waals surface area (Å²) in [5, 5.41) is 5.63. The summed E-state index contributed by atoms with van der Waals surface area (Å²) < 4.78 is 2.32. The molecule has 2 aromatic rings. The molecule has 2 aliphatic rings. The first-order valence-electron chi connectivity index (χ1n) is 7.99. The van der Waals surface area contributed by atoms with Gasteiger partial charge < -0.3 is 9.88 Å². The molecule has 0 saturated heterocycles. The molecule has 0 radical (unpaired) electrons. The van der Waals surface area contributed by atoms with Crippen LogP contribution in [0.25, 0.3) is 27.8 Å². The van der Waals surface area contributed by atoms with Crippen LogP contribution in [0.4, 0.5) is 5.69 Å². The van der Waals surface area contributed by atoms with Crippen molar-refractivity contribution in [2.75, 3.05) is 11.9 Å². The second kappa shape index (κ2) is 5.36. The van der Waals surface area contributed by atoms with Gasteiger partial charge in [0, 0.05) is 17.5 Å². The zero-order chi connectivity index (χ0) is 15.1. The Bertz CT molecular complexity index is 809. The van der Waals surface area contributed by atoms with Gasteiger partial charge in [-0.25, -0.2) is 0 Å². The van der Waals surface area contributed by atoms with Gasteiger partial charge in [0.1, 0.15) is 0 Å². The van der Waals surface area contributed by atoms with Crippen LogP contribution >= 0.6 is 11.6 Å². The van der Waals surface area contributed by atoms with Gasteiger partial charge in [-0.3, -0.25) is 0 Å². The van der Waals surface area contributed by atoms with Gasteiger partial charge in [0.2, 0.25) is 0 Å². The van der Waals surface area contributed by atoms with Gasteiger partial charge in [-0.1, -0.05) is 55.6 Å². The van der Waals surface area contributed by atoms with E-state index in [2.05, 4.69) is 53.2 Å². The molecule has 4 rings (SSSR count). The van der Waals surface area contributed by atoms with E-state index in [0.717, 1.165) is 17.3 Å². The molecule has 0 aromatic heterocycles. The molecule has 0 unspecified atom stereocenters. The lowest BCUT2D eigenvalue weighted by molar-refractivity contribution is 0.744. The predicted molar refractivity (Wildman–Crippen MR) is 95.3 cm³/mol. The van der Waals surface area contributed by atoms with Crippen molar-refractivity contribution in [1.29, 1.82) is 0 Å². The summed E-state index contributed by atoms with van der Waals surface area (Å²) in [6.45, 7) is 3.20. The SMILES string of the molecule is CCCCCNc1cc(-c2c3c4ccccc4n2-3)ccc1Cl. The van der Waals surface area contributed by atoms with E-state index in [1.807, 2.05) is 6.07 Å². The highest BCUT2D eigenvalue weighted by Gasteiger charge is 2.33. The average Bonchev–Trinajstić information content (AvgIpc) is 3.20. The van der Waals surface area contributed by atoms with Gasteiger partial charge >= 0.3 is 0 Å². The maximum Gasteiger partial charge on any atom is 0.0804 e. The Balaban J connectivity index is 1.60. The quantitative estimate of drug-likeness (QED) is 0.441. The van der Waals surface area contributed by atoms with Crippen molar-refractivity contribution in [3.05, 3.63) is 47.5 Å². The van der Waals surface area contributed by atoms with Crippen LogP contribution in [0.5, 0.6) is 0 Å². The first kappa shape index (κ1) is 13.7. The fourth-order valence-electron chi connectivity index (χ4n) is 3.14. The fourth-order valence-corrected chi connectivity index (χ4v) is 3.33. The number of benzene rings is 2. The molecule has 0 fully saturated rings. The second-order valence-electron chi connectivity index (χ2n) is 5.88. The number of nitrogens with one attached hydrogen (secondary N) is 1. The van der Waals surface area contributed by atoms with Gasteiger partial charge in [0.25, 0.3) is 0 Å². The average molecular weight is 311 g/mol. The Morgan fingerprint density at radius 2 is 1.95 bits per heavy atom. The van der Waals surface area contributed by atoms with E-state index >= 15 is 0 Å². The van der Waals surface area contributed by atoms with Gasteiger partial charge in [-0.15, -0.1) is 0 Å². The summed E-state index contributed by atoms with van der Waals surface area (Å²) in [5.41, 5.74) is 6.30. The molecular weight excluding hydrogens is 292 g/mol. The molecule has 0 saturated carbocycles. The first-order chi connectivity index (χ1) is 10.8. The molecule has 112 valence electrons. The lowest BCUT2D eigenvalue weighted by Crippen LogP contribution is -2.01. The van der Waals surface area contributed by atoms with Crippen molar-refractivity contribution >= 4 is 28.2 Å². The number of hydrogen-bond donors (Lipinski definition) is 1. The topological polar surface area (TPSA) is 17.0 Å². The van der Waals surface area contributed by atoms with Crippen LogP contribution in [-0.4, -0.2) is 11.1 Å². The zero-order valence-corrected chi connectivity index (χ0v) is 13.5. The predicted octanol–water partition coefficient (Wildman–Crippen LogP) is 5.87. The Morgan fingerprint density at radius 3 is 2.77 bits per heavy atom. The summed E-state index contributed by atoms with van der Waals surface area (Å²) in [5.74, 6) is 0. The number of fused-ring (bicyclic) bond motifs is 4. The number of halogens is 1. The van der Waals surface area contributed by atoms with Crippen LogP contribution < -0.4 is 5.32 Å². The van der Waals surface area contributed by atoms with Crippen LogP contribution in [0.15, 0.2) is 42.5 Å². The van der Waals surface area contributed by atoms with Gasteiger partial charge in [-0.05, 0) is 24.6 Å². The molecule has 2 aliphatic heterocycles. The highest BCUT2D eigenvalue weighted by atomic mass is 35.5. The monoisotopic (exact) mass is 310 g/mol. The van der Waals surface area contributed by atoms with Crippen molar-refractivity contribution < 1.29 is 0 Å². The van der Waals surface area contributed by atoms with Crippen molar-refractivity contribution in [3.63, 3.8) is 0 Å².